The highest BCUT2D eigenvalue weighted by Crippen LogP contribution is 2.45. The Labute approximate surface area is 183 Å². The number of hydrogen-bond acceptors (Lipinski definition) is 5. The van der Waals surface area contributed by atoms with Gasteiger partial charge in [0.05, 0.1) is 25.9 Å². The Morgan fingerprint density at radius 1 is 1.16 bits per heavy atom. The number of anilines is 1. The molecule has 0 aromatic heterocycles. The van der Waals surface area contributed by atoms with E-state index in [1.165, 1.54) is 6.92 Å². The number of carbonyl (C=O) groups excluding carboxylic acids is 2. The van der Waals surface area contributed by atoms with E-state index in [0.29, 0.717) is 29.4 Å². The van der Waals surface area contributed by atoms with Crippen molar-refractivity contribution in [3.05, 3.63) is 53.1 Å². The Balaban J connectivity index is 1.89. The number of amides is 1. The molecule has 1 N–H and O–H groups in total. The van der Waals surface area contributed by atoms with Gasteiger partial charge in [0.15, 0.2) is 17.1 Å². The van der Waals surface area contributed by atoms with Crippen LogP contribution in [0.3, 0.4) is 0 Å². The van der Waals surface area contributed by atoms with Gasteiger partial charge in [-0.2, -0.15) is 0 Å². The van der Waals surface area contributed by atoms with Crippen LogP contribution in [0.15, 0.2) is 36.4 Å². The summed E-state index contributed by atoms with van der Waals surface area (Å²) in [5, 5.41) is 11.2. The van der Waals surface area contributed by atoms with Crippen LogP contribution in [-0.4, -0.2) is 30.5 Å². The maximum absolute atomic E-state index is 13.3. The summed E-state index contributed by atoms with van der Waals surface area (Å²) in [6.07, 6.45) is 2.97. The zero-order valence-electron chi connectivity index (χ0n) is 18.7. The molecule has 0 saturated heterocycles. The number of aliphatic hydroxyl groups is 1. The molecule has 0 spiro atoms. The van der Waals surface area contributed by atoms with E-state index in [-0.39, 0.29) is 18.7 Å². The number of Topliss-reactive ketones (excluding diaryl/α,β-unsaturated/α-hetero) is 1. The molecule has 2 aromatic carbocycles. The quantitative estimate of drug-likeness (QED) is 0.575. The maximum atomic E-state index is 13.3. The fourth-order valence-electron chi connectivity index (χ4n) is 4.12. The van der Waals surface area contributed by atoms with Crippen LogP contribution < -0.4 is 14.4 Å². The molecule has 3 rings (SSSR count). The monoisotopic (exact) mass is 425 g/mol. The van der Waals surface area contributed by atoms with Crippen molar-refractivity contribution < 1.29 is 24.2 Å². The zero-order valence-corrected chi connectivity index (χ0v) is 18.7. The Hall–Kier alpha value is -2.86. The average Bonchev–Trinajstić information content (AvgIpc) is 2.94. The molecule has 1 heterocycles. The first kappa shape index (κ1) is 22.8. The van der Waals surface area contributed by atoms with Gasteiger partial charge in [-0.1, -0.05) is 44.0 Å². The van der Waals surface area contributed by atoms with Gasteiger partial charge >= 0.3 is 0 Å². The fourth-order valence-corrected chi connectivity index (χ4v) is 4.12. The summed E-state index contributed by atoms with van der Waals surface area (Å²) in [7, 11) is 1.59. The van der Waals surface area contributed by atoms with Crippen molar-refractivity contribution in [2.75, 3.05) is 18.6 Å². The molecule has 2 aromatic rings. The van der Waals surface area contributed by atoms with E-state index in [9.17, 15) is 14.7 Å². The molecule has 1 aliphatic rings. The lowest BCUT2D eigenvalue weighted by molar-refractivity contribution is -0.141. The van der Waals surface area contributed by atoms with Crippen molar-refractivity contribution in [3.8, 4) is 11.5 Å². The molecule has 0 bridgehead atoms. The molecule has 1 unspecified atom stereocenters. The lowest BCUT2D eigenvalue weighted by atomic mass is 9.89. The molecule has 6 nitrogen and oxygen atoms in total. The van der Waals surface area contributed by atoms with Crippen LogP contribution in [0.5, 0.6) is 11.5 Å². The minimum atomic E-state index is -1.83. The number of benzene rings is 2. The third-order valence-electron chi connectivity index (χ3n) is 5.63. The van der Waals surface area contributed by atoms with Gasteiger partial charge in [0, 0.05) is 12.0 Å². The molecule has 6 heteroatoms. The van der Waals surface area contributed by atoms with E-state index in [4.69, 9.17) is 9.47 Å². The number of methoxy groups -OCH3 is 1. The fraction of sp³-hybridized carbons (Fsp3) is 0.440. The van der Waals surface area contributed by atoms with Gasteiger partial charge in [0.1, 0.15) is 5.78 Å². The largest absolute Gasteiger partial charge is 0.493 e. The van der Waals surface area contributed by atoms with Gasteiger partial charge in [-0.15, -0.1) is 0 Å². The van der Waals surface area contributed by atoms with Crippen LogP contribution in [0.25, 0.3) is 0 Å². The van der Waals surface area contributed by atoms with Crippen LogP contribution in [0.1, 0.15) is 56.2 Å². The zero-order chi connectivity index (χ0) is 22.6. The van der Waals surface area contributed by atoms with Gasteiger partial charge in [-0.3, -0.25) is 9.59 Å². The third kappa shape index (κ3) is 4.59. The summed E-state index contributed by atoms with van der Waals surface area (Å²) in [4.78, 5) is 26.6. The lowest BCUT2D eigenvalue weighted by Gasteiger charge is -2.23. The Bertz CT molecular complexity index is 970. The third-order valence-corrected chi connectivity index (χ3v) is 5.63. The topological polar surface area (TPSA) is 76.1 Å². The minimum absolute atomic E-state index is 0.239. The highest BCUT2D eigenvalue weighted by atomic mass is 16.5. The number of hydrogen-bond donors (Lipinski definition) is 1. The first-order valence-electron chi connectivity index (χ1n) is 10.8. The van der Waals surface area contributed by atoms with E-state index >= 15 is 0 Å². The van der Waals surface area contributed by atoms with Crippen molar-refractivity contribution in [2.24, 2.45) is 0 Å². The smallest absolute Gasteiger partial charge is 0.264 e. The maximum Gasteiger partial charge on any atom is 0.264 e. The number of aryl methyl sites for hydroxylation is 1. The molecule has 1 amide bonds. The van der Waals surface area contributed by atoms with Gasteiger partial charge < -0.3 is 19.5 Å². The van der Waals surface area contributed by atoms with Gasteiger partial charge in [0.25, 0.3) is 5.91 Å². The van der Waals surface area contributed by atoms with Gasteiger partial charge in [0.2, 0.25) is 0 Å². The summed E-state index contributed by atoms with van der Waals surface area (Å²) >= 11 is 0. The van der Waals surface area contributed by atoms with E-state index in [2.05, 4.69) is 6.92 Å². The first-order chi connectivity index (χ1) is 14.8. The average molecular weight is 426 g/mol. The van der Waals surface area contributed by atoms with Crippen molar-refractivity contribution in [3.63, 3.8) is 0 Å². The molecule has 0 radical (unpaired) electrons. The predicted molar refractivity (Wildman–Crippen MR) is 120 cm³/mol. The second-order valence-corrected chi connectivity index (χ2v) is 8.14. The van der Waals surface area contributed by atoms with Gasteiger partial charge in [-0.05, 0) is 43.5 Å². The highest BCUT2D eigenvalue weighted by molar-refractivity contribution is 6.09. The summed E-state index contributed by atoms with van der Waals surface area (Å²) < 4.78 is 11.3. The Morgan fingerprint density at radius 2 is 1.94 bits per heavy atom. The number of unbranched alkanes of at least 4 members (excludes halogenated alkanes) is 2. The van der Waals surface area contributed by atoms with E-state index < -0.39 is 11.5 Å². The SMILES string of the molecule is CCCCCOc1ccc(CN2C(=O)C(O)(CC(C)=O)c3cccc(C)c32)cc1OC. The number of ether oxygens (including phenoxy) is 2. The molecule has 0 aliphatic carbocycles. The van der Waals surface area contributed by atoms with Crippen molar-refractivity contribution in [1.82, 2.24) is 0 Å². The molecule has 166 valence electrons. The number of nitrogens with zero attached hydrogens (tertiary/aromatic N) is 1. The van der Waals surface area contributed by atoms with Gasteiger partial charge in [-0.25, -0.2) is 0 Å². The highest BCUT2D eigenvalue weighted by Gasteiger charge is 2.50. The molecule has 1 atom stereocenters. The summed E-state index contributed by atoms with van der Waals surface area (Å²) in [5.41, 5.74) is 1.02. The number of fused-ring (bicyclic) bond motifs is 1. The van der Waals surface area contributed by atoms with Crippen LogP contribution in [0, 0.1) is 6.92 Å². The van der Waals surface area contributed by atoms with Crippen molar-refractivity contribution >= 4 is 17.4 Å². The molecular formula is C25H31NO5. The number of para-hydroxylation sites is 1. The van der Waals surface area contributed by atoms with Crippen molar-refractivity contribution in [1.29, 1.82) is 0 Å². The Kier molecular flexibility index (Phi) is 7.01. The lowest BCUT2D eigenvalue weighted by Crippen LogP contribution is -2.41. The molecule has 1 aliphatic heterocycles. The summed E-state index contributed by atoms with van der Waals surface area (Å²) in [6.45, 7) is 6.30. The Morgan fingerprint density at radius 3 is 2.61 bits per heavy atom. The minimum Gasteiger partial charge on any atom is -0.493 e. The number of rotatable bonds is 10. The van der Waals surface area contributed by atoms with Crippen LogP contribution >= 0.6 is 0 Å². The summed E-state index contributed by atoms with van der Waals surface area (Å²) in [5.74, 6) is 0.548. The molecule has 0 fully saturated rings. The number of ketones is 1. The first-order valence-corrected chi connectivity index (χ1v) is 10.8. The van der Waals surface area contributed by atoms with E-state index in [1.54, 1.807) is 24.1 Å². The number of carbonyl (C=O) groups is 2. The van der Waals surface area contributed by atoms with E-state index in [1.807, 2.05) is 31.2 Å². The summed E-state index contributed by atoms with van der Waals surface area (Å²) in [6, 6.07) is 11.0. The normalized spacial score (nSPS) is 17.6. The van der Waals surface area contributed by atoms with Crippen LogP contribution in [-0.2, 0) is 21.7 Å². The molecule has 0 saturated carbocycles. The standard InChI is InChI=1S/C25H31NO5/c1-5-6-7-13-31-21-12-11-19(14-22(21)30-4)16-26-23-17(2)9-8-10-20(23)25(29,24(26)28)15-18(3)27/h8-12,14,29H,5-7,13,15-16H2,1-4H3. The molecule has 31 heavy (non-hydrogen) atoms. The van der Waals surface area contributed by atoms with Crippen LogP contribution in [0.4, 0.5) is 5.69 Å². The molecular weight excluding hydrogens is 394 g/mol. The van der Waals surface area contributed by atoms with E-state index in [0.717, 1.165) is 30.4 Å². The second kappa shape index (κ2) is 9.52. The van der Waals surface area contributed by atoms with Crippen molar-refractivity contribution in [2.45, 2.75) is 58.6 Å². The second-order valence-electron chi connectivity index (χ2n) is 8.14. The predicted octanol–water partition coefficient (Wildman–Crippen LogP) is 4.29. The van der Waals surface area contributed by atoms with Crippen LogP contribution in [0.2, 0.25) is 0 Å².